The summed E-state index contributed by atoms with van der Waals surface area (Å²) in [4.78, 5) is 22.0. The van der Waals surface area contributed by atoms with Gasteiger partial charge in [-0.1, -0.05) is 63.8 Å². The molecule has 0 heterocycles. The first-order valence-electron chi connectivity index (χ1n) is 12.1. The van der Waals surface area contributed by atoms with Gasteiger partial charge in [0.15, 0.2) is 0 Å². The number of hydrogen-bond donors (Lipinski definition) is 0. The fourth-order valence-electron chi connectivity index (χ4n) is 3.83. The third-order valence-electron chi connectivity index (χ3n) is 5.80. The van der Waals surface area contributed by atoms with Crippen LogP contribution in [0.3, 0.4) is 0 Å². The van der Waals surface area contributed by atoms with Crippen molar-refractivity contribution in [1.82, 2.24) is 0 Å². The van der Waals surface area contributed by atoms with Crippen molar-refractivity contribution in [3.05, 3.63) is 59.7 Å². The van der Waals surface area contributed by atoms with Gasteiger partial charge in [0.1, 0.15) is 0 Å². The van der Waals surface area contributed by atoms with E-state index in [-0.39, 0.29) is 11.9 Å². The molecule has 0 amide bonds. The van der Waals surface area contributed by atoms with E-state index in [4.69, 9.17) is 9.47 Å². The van der Waals surface area contributed by atoms with Crippen molar-refractivity contribution in [3.63, 3.8) is 0 Å². The van der Waals surface area contributed by atoms with Gasteiger partial charge in [-0.15, -0.1) is 0 Å². The first kappa shape index (κ1) is 27.7. The molecular weight excluding hydrogens is 400 g/mol. The topological polar surface area (TPSA) is 52.6 Å². The Bertz CT molecular complexity index is 659. The van der Waals surface area contributed by atoms with Crippen LogP contribution in [0.2, 0.25) is 0 Å². The molecule has 0 aliphatic heterocycles. The van der Waals surface area contributed by atoms with E-state index in [0.717, 1.165) is 38.5 Å². The molecular formula is C28H42O4. The number of aryl methyl sites for hydroxylation is 4. The molecule has 0 aromatic heterocycles. The molecule has 0 radical (unpaired) electrons. The Morgan fingerprint density at radius 3 is 1.38 bits per heavy atom. The number of benzene rings is 1. The molecule has 32 heavy (non-hydrogen) atoms. The van der Waals surface area contributed by atoms with Gasteiger partial charge in [0.25, 0.3) is 0 Å². The molecule has 4 nitrogen and oxygen atoms in total. The number of ether oxygens (including phenoxy) is 2. The zero-order valence-electron chi connectivity index (χ0n) is 20.3. The summed E-state index contributed by atoms with van der Waals surface area (Å²) in [5, 5.41) is 0. The Kier molecular flexibility index (Phi) is 14.9. The minimum Gasteiger partial charge on any atom is -0.463 e. The minimum atomic E-state index is -0.331. The van der Waals surface area contributed by atoms with E-state index in [2.05, 4.69) is 39.1 Å². The van der Waals surface area contributed by atoms with Gasteiger partial charge < -0.3 is 9.47 Å². The van der Waals surface area contributed by atoms with Crippen LogP contribution in [-0.4, -0.2) is 25.2 Å². The minimum absolute atomic E-state index is 0.331. The highest BCUT2D eigenvalue weighted by Crippen LogP contribution is 2.21. The summed E-state index contributed by atoms with van der Waals surface area (Å²) in [6, 6.07) is 4.76. The van der Waals surface area contributed by atoms with Crippen molar-refractivity contribution >= 4 is 11.9 Å². The van der Waals surface area contributed by atoms with Crippen LogP contribution in [0.1, 0.15) is 86.5 Å². The zero-order valence-corrected chi connectivity index (χ0v) is 20.3. The summed E-state index contributed by atoms with van der Waals surface area (Å²) >= 11 is 0. The summed E-state index contributed by atoms with van der Waals surface area (Å²) in [6.45, 7) is 12.2. The lowest BCUT2D eigenvalue weighted by Crippen LogP contribution is -2.01. The van der Waals surface area contributed by atoms with Gasteiger partial charge >= 0.3 is 11.9 Å². The average Bonchev–Trinajstić information content (AvgIpc) is 2.79. The van der Waals surface area contributed by atoms with E-state index in [1.807, 2.05) is 0 Å². The molecule has 0 atom stereocenters. The van der Waals surface area contributed by atoms with Crippen molar-refractivity contribution in [1.29, 1.82) is 0 Å². The molecule has 178 valence electrons. The van der Waals surface area contributed by atoms with Gasteiger partial charge in [-0.25, -0.2) is 9.59 Å². The summed E-state index contributed by atoms with van der Waals surface area (Å²) < 4.78 is 10.00. The van der Waals surface area contributed by atoms with Gasteiger partial charge in [0, 0.05) is 12.2 Å². The molecule has 0 unspecified atom stereocenters. The number of unbranched alkanes of at least 4 members (excludes halogenated alkanes) is 8. The standard InChI is InChI=1S/C28H42O4/c1-5-27(29)31-19-15-11-7-9-13-17-25-21-24(4)26(22-23(25)3)18-14-10-8-12-16-20-32-28(30)6-2/h5-6,21-22H,1-2,7-20H2,3-4H3. The predicted molar refractivity (Wildman–Crippen MR) is 132 cm³/mol. The molecule has 0 spiro atoms. The van der Waals surface area contributed by atoms with Crippen molar-refractivity contribution in [2.75, 3.05) is 13.2 Å². The highest BCUT2D eigenvalue weighted by molar-refractivity contribution is 5.81. The van der Waals surface area contributed by atoms with E-state index in [9.17, 15) is 9.59 Å². The summed E-state index contributed by atoms with van der Waals surface area (Å²) in [6.07, 6.45) is 15.9. The second-order valence-corrected chi connectivity index (χ2v) is 8.48. The lowest BCUT2D eigenvalue weighted by atomic mass is 9.93. The number of esters is 2. The second-order valence-electron chi connectivity index (χ2n) is 8.48. The van der Waals surface area contributed by atoms with E-state index in [1.165, 1.54) is 72.9 Å². The van der Waals surface area contributed by atoms with Gasteiger partial charge in [0.2, 0.25) is 0 Å². The first-order chi connectivity index (χ1) is 15.5. The fraction of sp³-hybridized carbons (Fsp3) is 0.571. The second kappa shape index (κ2) is 17.2. The number of carbonyl (C=O) groups excluding carboxylic acids is 2. The molecule has 0 aliphatic carbocycles. The van der Waals surface area contributed by atoms with Crippen molar-refractivity contribution < 1.29 is 19.1 Å². The van der Waals surface area contributed by atoms with Gasteiger partial charge in [-0.2, -0.15) is 0 Å². The summed E-state index contributed by atoms with van der Waals surface area (Å²) in [5.41, 5.74) is 5.76. The molecule has 0 bridgehead atoms. The smallest absolute Gasteiger partial charge is 0.330 e. The summed E-state index contributed by atoms with van der Waals surface area (Å²) in [7, 11) is 0. The molecule has 1 aromatic rings. The Hall–Kier alpha value is -2.36. The molecule has 0 saturated carbocycles. The van der Waals surface area contributed by atoms with E-state index in [1.54, 1.807) is 0 Å². The number of hydrogen-bond acceptors (Lipinski definition) is 4. The largest absolute Gasteiger partial charge is 0.463 e. The molecule has 0 N–H and O–H groups in total. The Balaban J connectivity index is 2.18. The van der Waals surface area contributed by atoms with Crippen LogP contribution in [0.4, 0.5) is 0 Å². The fourth-order valence-corrected chi connectivity index (χ4v) is 3.83. The quantitative estimate of drug-likeness (QED) is 0.143. The lowest BCUT2D eigenvalue weighted by Gasteiger charge is -2.13. The van der Waals surface area contributed by atoms with Crippen molar-refractivity contribution in [2.24, 2.45) is 0 Å². The van der Waals surface area contributed by atoms with Crippen LogP contribution in [0.25, 0.3) is 0 Å². The van der Waals surface area contributed by atoms with Gasteiger partial charge in [-0.3, -0.25) is 0 Å². The van der Waals surface area contributed by atoms with E-state index < -0.39 is 0 Å². The zero-order chi connectivity index (χ0) is 23.6. The third kappa shape index (κ3) is 12.5. The molecule has 0 saturated heterocycles. The number of carbonyl (C=O) groups is 2. The molecule has 1 rings (SSSR count). The van der Waals surface area contributed by atoms with Crippen molar-refractivity contribution in [2.45, 2.75) is 90.9 Å². The first-order valence-corrected chi connectivity index (χ1v) is 12.1. The van der Waals surface area contributed by atoms with Gasteiger partial charge in [0.05, 0.1) is 13.2 Å². The monoisotopic (exact) mass is 442 g/mol. The molecule has 1 aromatic carbocycles. The lowest BCUT2D eigenvalue weighted by molar-refractivity contribution is -0.138. The van der Waals surface area contributed by atoms with Crippen molar-refractivity contribution in [3.8, 4) is 0 Å². The van der Waals surface area contributed by atoms with Crippen LogP contribution >= 0.6 is 0 Å². The highest BCUT2D eigenvalue weighted by Gasteiger charge is 2.05. The maximum Gasteiger partial charge on any atom is 0.330 e. The summed E-state index contributed by atoms with van der Waals surface area (Å²) in [5.74, 6) is -0.661. The SMILES string of the molecule is C=CC(=O)OCCCCCCCc1cc(C)c(CCCCCCCOC(=O)C=C)cc1C. The van der Waals surface area contributed by atoms with Crippen LogP contribution < -0.4 is 0 Å². The Labute approximate surface area is 195 Å². The van der Waals surface area contributed by atoms with Gasteiger partial charge in [-0.05, 0) is 74.6 Å². The van der Waals surface area contributed by atoms with E-state index in [0.29, 0.717) is 13.2 Å². The van der Waals surface area contributed by atoms with Crippen LogP contribution in [-0.2, 0) is 31.9 Å². The normalized spacial score (nSPS) is 10.6. The van der Waals surface area contributed by atoms with Crippen LogP contribution in [0.15, 0.2) is 37.4 Å². The Morgan fingerprint density at radius 2 is 1.00 bits per heavy atom. The predicted octanol–water partition coefficient (Wildman–Crippen LogP) is 6.75. The maximum atomic E-state index is 11.0. The van der Waals surface area contributed by atoms with Crippen LogP contribution in [0.5, 0.6) is 0 Å². The van der Waals surface area contributed by atoms with E-state index >= 15 is 0 Å². The maximum absolute atomic E-state index is 11.0. The third-order valence-corrected chi connectivity index (χ3v) is 5.80. The van der Waals surface area contributed by atoms with Crippen LogP contribution in [0, 0.1) is 13.8 Å². The molecule has 0 aliphatic rings. The Morgan fingerprint density at radius 1 is 0.656 bits per heavy atom. The highest BCUT2D eigenvalue weighted by atomic mass is 16.5. The molecule has 4 heteroatoms. The number of rotatable bonds is 18. The average molecular weight is 443 g/mol. The molecule has 0 fully saturated rings.